The number of nitrogens with one attached hydrogen (secondary N) is 1. The molecule has 1 aromatic carbocycles. The average Bonchev–Trinajstić information content (AvgIpc) is 2.39. The van der Waals surface area contributed by atoms with Gasteiger partial charge in [0.05, 0.1) is 0 Å². The van der Waals surface area contributed by atoms with Crippen LogP contribution in [0.1, 0.15) is 44.7 Å². The summed E-state index contributed by atoms with van der Waals surface area (Å²) in [4.78, 5) is 0. The fourth-order valence-electron chi connectivity index (χ4n) is 2.08. The van der Waals surface area contributed by atoms with E-state index in [-0.39, 0.29) is 12.6 Å². The monoisotopic (exact) mass is 303 g/mol. The van der Waals surface area contributed by atoms with Crippen molar-refractivity contribution in [2.24, 2.45) is 5.92 Å². The third kappa shape index (κ3) is 5.70. The summed E-state index contributed by atoms with van der Waals surface area (Å²) in [5.74, 6) is 0.376. The van der Waals surface area contributed by atoms with Crippen LogP contribution in [0, 0.1) is 5.92 Å². The Labute approximate surface area is 126 Å². The van der Waals surface area contributed by atoms with Crippen molar-refractivity contribution in [3.63, 3.8) is 0 Å². The highest BCUT2D eigenvalue weighted by Crippen LogP contribution is 2.28. The Morgan fingerprint density at radius 2 is 2.05 bits per heavy atom. The zero-order valence-electron chi connectivity index (χ0n) is 11.6. The highest BCUT2D eigenvalue weighted by molar-refractivity contribution is 6.35. The van der Waals surface area contributed by atoms with Crippen LogP contribution in [-0.4, -0.2) is 18.3 Å². The van der Waals surface area contributed by atoms with Crippen molar-refractivity contribution >= 4 is 23.2 Å². The summed E-state index contributed by atoms with van der Waals surface area (Å²) in [5.41, 5.74) is 1.10. The Morgan fingerprint density at radius 3 is 2.63 bits per heavy atom. The summed E-state index contributed by atoms with van der Waals surface area (Å²) < 4.78 is 0. The SMILES string of the molecule is CCC(NCCCC(C)CO)c1ccc(Cl)cc1Cl. The molecule has 1 rings (SSSR count). The summed E-state index contributed by atoms with van der Waals surface area (Å²) in [5, 5.41) is 13.9. The highest BCUT2D eigenvalue weighted by Gasteiger charge is 2.12. The molecule has 19 heavy (non-hydrogen) atoms. The van der Waals surface area contributed by atoms with Gasteiger partial charge >= 0.3 is 0 Å². The van der Waals surface area contributed by atoms with Crippen LogP contribution in [0.5, 0.6) is 0 Å². The van der Waals surface area contributed by atoms with Crippen LogP contribution in [0.2, 0.25) is 10.0 Å². The predicted molar refractivity (Wildman–Crippen MR) is 83.0 cm³/mol. The van der Waals surface area contributed by atoms with Gasteiger partial charge in [0.2, 0.25) is 0 Å². The number of aliphatic hydroxyl groups excluding tert-OH is 1. The lowest BCUT2D eigenvalue weighted by molar-refractivity contribution is 0.227. The first kappa shape index (κ1) is 16.8. The van der Waals surface area contributed by atoms with E-state index in [0.717, 1.165) is 36.4 Å². The zero-order chi connectivity index (χ0) is 14.3. The molecule has 1 aromatic rings. The molecule has 2 nitrogen and oxygen atoms in total. The molecule has 0 aliphatic heterocycles. The van der Waals surface area contributed by atoms with Crippen LogP contribution in [0.15, 0.2) is 18.2 Å². The molecule has 0 radical (unpaired) electrons. The summed E-state index contributed by atoms with van der Waals surface area (Å²) in [6.07, 6.45) is 3.08. The minimum Gasteiger partial charge on any atom is -0.396 e. The first-order chi connectivity index (χ1) is 9.08. The van der Waals surface area contributed by atoms with E-state index in [9.17, 15) is 0 Å². The molecule has 2 atom stereocenters. The number of benzene rings is 1. The van der Waals surface area contributed by atoms with E-state index in [1.54, 1.807) is 6.07 Å². The van der Waals surface area contributed by atoms with Crippen LogP contribution >= 0.6 is 23.2 Å². The van der Waals surface area contributed by atoms with Gasteiger partial charge in [-0.2, -0.15) is 0 Å². The third-order valence-electron chi connectivity index (χ3n) is 3.32. The molecule has 0 heterocycles. The Bertz CT molecular complexity index is 384. The predicted octanol–water partition coefficient (Wildman–Crippen LogP) is 4.44. The van der Waals surface area contributed by atoms with Gasteiger partial charge in [-0.25, -0.2) is 0 Å². The summed E-state index contributed by atoms with van der Waals surface area (Å²) in [6, 6.07) is 5.91. The van der Waals surface area contributed by atoms with Crippen LogP contribution in [-0.2, 0) is 0 Å². The largest absolute Gasteiger partial charge is 0.396 e. The molecule has 0 saturated carbocycles. The molecule has 0 fully saturated rings. The fraction of sp³-hybridized carbons (Fsp3) is 0.600. The van der Waals surface area contributed by atoms with Crippen LogP contribution in [0.3, 0.4) is 0 Å². The Hall–Kier alpha value is -0.280. The Kier molecular flexibility index (Phi) is 7.77. The maximum atomic E-state index is 8.98. The molecular weight excluding hydrogens is 281 g/mol. The number of halogens is 2. The minimum absolute atomic E-state index is 0.259. The molecular formula is C15H23Cl2NO. The van der Waals surface area contributed by atoms with Crippen molar-refractivity contribution < 1.29 is 5.11 Å². The Balaban J connectivity index is 2.49. The van der Waals surface area contributed by atoms with Crippen LogP contribution < -0.4 is 5.32 Å². The smallest absolute Gasteiger partial charge is 0.0468 e. The molecule has 0 bridgehead atoms. The molecule has 0 aliphatic rings. The van der Waals surface area contributed by atoms with Gasteiger partial charge in [-0.15, -0.1) is 0 Å². The third-order valence-corrected chi connectivity index (χ3v) is 3.88. The second-order valence-corrected chi connectivity index (χ2v) is 5.85. The van der Waals surface area contributed by atoms with Crippen LogP contribution in [0.4, 0.5) is 0 Å². The van der Waals surface area contributed by atoms with Gasteiger partial charge in [-0.05, 0) is 49.4 Å². The van der Waals surface area contributed by atoms with E-state index in [1.165, 1.54) is 0 Å². The van der Waals surface area contributed by atoms with E-state index >= 15 is 0 Å². The van der Waals surface area contributed by atoms with Gasteiger partial charge in [0.15, 0.2) is 0 Å². The van der Waals surface area contributed by atoms with E-state index < -0.39 is 0 Å². The van der Waals surface area contributed by atoms with Crippen molar-refractivity contribution in [1.29, 1.82) is 0 Å². The molecule has 108 valence electrons. The van der Waals surface area contributed by atoms with Gasteiger partial charge in [0, 0.05) is 22.7 Å². The number of rotatable bonds is 8. The van der Waals surface area contributed by atoms with E-state index in [1.807, 2.05) is 12.1 Å². The quantitative estimate of drug-likeness (QED) is 0.696. The highest BCUT2D eigenvalue weighted by atomic mass is 35.5. The van der Waals surface area contributed by atoms with Crippen molar-refractivity contribution in [2.75, 3.05) is 13.2 Å². The molecule has 0 saturated heterocycles. The summed E-state index contributed by atoms with van der Waals surface area (Å²) in [6.45, 7) is 5.40. The second kappa shape index (κ2) is 8.80. The van der Waals surface area contributed by atoms with Crippen molar-refractivity contribution in [3.05, 3.63) is 33.8 Å². The molecule has 0 aliphatic carbocycles. The molecule has 4 heteroatoms. The maximum absolute atomic E-state index is 8.98. The van der Waals surface area contributed by atoms with Crippen LogP contribution in [0.25, 0.3) is 0 Å². The fourth-order valence-corrected chi connectivity index (χ4v) is 2.62. The molecule has 0 spiro atoms. The van der Waals surface area contributed by atoms with Gasteiger partial charge in [0.25, 0.3) is 0 Å². The van der Waals surface area contributed by atoms with Gasteiger partial charge in [-0.3, -0.25) is 0 Å². The first-order valence-electron chi connectivity index (χ1n) is 6.87. The molecule has 2 N–H and O–H groups in total. The average molecular weight is 304 g/mol. The van der Waals surface area contributed by atoms with E-state index in [4.69, 9.17) is 28.3 Å². The zero-order valence-corrected chi connectivity index (χ0v) is 13.1. The summed E-state index contributed by atoms with van der Waals surface area (Å²) >= 11 is 12.1. The lowest BCUT2D eigenvalue weighted by Crippen LogP contribution is -2.22. The van der Waals surface area contributed by atoms with Crippen molar-refractivity contribution in [3.8, 4) is 0 Å². The van der Waals surface area contributed by atoms with Crippen molar-refractivity contribution in [2.45, 2.75) is 39.2 Å². The minimum atomic E-state index is 0.259. The maximum Gasteiger partial charge on any atom is 0.0468 e. The number of aliphatic hydroxyl groups is 1. The van der Waals surface area contributed by atoms with Gasteiger partial charge in [-0.1, -0.05) is 43.1 Å². The lowest BCUT2D eigenvalue weighted by atomic mass is 10.0. The van der Waals surface area contributed by atoms with E-state index in [2.05, 4.69) is 19.2 Å². The topological polar surface area (TPSA) is 32.3 Å². The molecule has 2 unspecified atom stereocenters. The lowest BCUT2D eigenvalue weighted by Gasteiger charge is -2.19. The number of hydrogen-bond donors (Lipinski definition) is 2. The van der Waals surface area contributed by atoms with E-state index in [0.29, 0.717) is 10.9 Å². The molecule has 0 aromatic heterocycles. The standard InChI is InChI=1S/C15H23Cl2NO/c1-3-15(18-8-4-5-11(2)10-19)13-7-6-12(16)9-14(13)17/h6-7,9,11,15,18-19H,3-5,8,10H2,1-2H3. The molecule has 0 amide bonds. The van der Waals surface area contributed by atoms with Gasteiger partial charge in [0.1, 0.15) is 0 Å². The summed E-state index contributed by atoms with van der Waals surface area (Å²) in [7, 11) is 0. The normalized spacial score (nSPS) is 14.4. The first-order valence-corrected chi connectivity index (χ1v) is 7.63. The van der Waals surface area contributed by atoms with Crippen molar-refractivity contribution in [1.82, 2.24) is 5.32 Å². The van der Waals surface area contributed by atoms with Gasteiger partial charge < -0.3 is 10.4 Å². The Morgan fingerprint density at radius 1 is 1.32 bits per heavy atom. The second-order valence-electron chi connectivity index (χ2n) is 5.01. The number of hydrogen-bond acceptors (Lipinski definition) is 2.